The summed E-state index contributed by atoms with van der Waals surface area (Å²) >= 11 is 5.98. The van der Waals surface area contributed by atoms with Crippen LogP contribution in [0.15, 0.2) is 0 Å². The molecular formula is C11H18ClNO. The van der Waals surface area contributed by atoms with E-state index in [1.807, 2.05) is 18.9 Å². The third-order valence-corrected chi connectivity index (χ3v) is 4.69. The standard InChI is InChI=1S/C11H18ClNO/c1-11(7-12)8-5-3-4-6-9(8)13(2)10(11)14/h8-9H,3-7H2,1-2H3. The molecule has 1 aliphatic carbocycles. The second-order valence-electron chi connectivity index (χ2n) is 4.93. The predicted molar refractivity (Wildman–Crippen MR) is 57.3 cm³/mol. The highest BCUT2D eigenvalue weighted by Crippen LogP contribution is 2.48. The maximum Gasteiger partial charge on any atom is 0.230 e. The fraction of sp³-hybridized carbons (Fsp3) is 0.909. The van der Waals surface area contributed by atoms with Crippen LogP contribution in [0, 0.1) is 11.3 Å². The molecule has 80 valence electrons. The van der Waals surface area contributed by atoms with Crippen molar-refractivity contribution in [3.63, 3.8) is 0 Å². The topological polar surface area (TPSA) is 20.3 Å². The van der Waals surface area contributed by atoms with E-state index in [-0.39, 0.29) is 11.3 Å². The average molecular weight is 216 g/mol. The molecule has 14 heavy (non-hydrogen) atoms. The lowest BCUT2D eigenvalue weighted by atomic mass is 9.72. The van der Waals surface area contributed by atoms with Crippen LogP contribution in [0.25, 0.3) is 0 Å². The van der Waals surface area contributed by atoms with Crippen molar-refractivity contribution in [3.8, 4) is 0 Å². The van der Waals surface area contributed by atoms with Gasteiger partial charge in [-0.05, 0) is 25.7 Å². The fourth-order valence-electron chi connectivity index (χ4n) is 3.19. The molecule has 1 amide bonds. The van der Waals surface area contributed by atoms with Gasteiger partial charge in [0.05, 0.1) is 5.41 Å². The largest absolute Gasteiger partial charge is 0.342 e. The van der Waals surface area contributed by atoms with Gasteiger partial charge in [0.1, 0.15) is 0 Å². The van der Waals surface area contributed by atoms with Gasteiger partial charge in [0.2, 0.25) is 5.91 Å². The summed E-state index contributed by atoms with van der Waals surface area (Å²) in [6.07, 6.45) is 4.86. The third kappa shape index (κ3) is 1.19. The van der Waals surface area contributed by atoms with Crippen molar-refractivity contribution in [2.24, 2.45) is 11.3 Å². The number of rotatable bonds is 1. The molecule has 2 rings (SSSR count). The van der Waals surface area contributed by atoms with E-state index < -0.39 is 0 Å². The second kappa shape index (κ2) is 3.41. The van der Waals surface area contributed by atoms with Gasteiger partial charge in [0.15, 0.2) is 0 Å². The van der Waals surface area contributed by atoms with Gasteiger partial charge in [0, 0.05) is 19.0 Å². The SMILES string of the molecule is CN1C(=O)C(C)(CCl)C2CCCCC21. The maximum absolute atomic E-state index is 12.1. The quantitative estimate of drug-likeness (QED) is 0.615. The summed E-state index contributed by atoms with van der Waals surface area (Å²) < 4.78 is 0. The van der Waals surface area contributed by atoms with Crippen molar-refractivity contribution in [3.05, 3.63) is 0 Å². The number of alkyl halides is 1. The van der Waals surface area contributed by atoms with E-state index in [0.717, 1.165) is 0 Å². The monoisotopic (exact) mass is 215 g/mol. The van der Waals surface area contributed by atoms with Gasteiger partial charge in [-0.15, -0.1) is 11.6 Å². The highest BCUT2D eigenvalue weighted by atomic mass is 35.5. The Balaban J connectivity index is 2.31. The van der Waals surface area contributed by atoms with Crippen LogP contribution in [0.5, 0.6) is 0 Å². The molecule has 2 aliphatic rings. The van der Waals surface area contributed by atoms with Crippen molar-refractivity contribution >= 4 is 17.5 Å². The smallest absolute Gasteiger partial charge is 0.230 e. The normalized spacial score (nSPS) is 42.8. The minimum Gasteiger partial charge on any atom is -0.342 e. The van der Waals surface area contributed by atoms with Gasteiger partial charge in [0.25, 0.3) is 0 Å². The summed E-state index contributed by atoms with van der Waals surface area (Å²) in [5.41, 5.74) is -0.290. The summed E-state index contributed by atoms with van der Waals surface area (Å²) in [5, 5.41) is 0. The Labute approximate surface area is 90.6 Å². The average Bonchev–Trinajstić information content (AvgIpc) is 2.43. The fourth-order valence-corrected chi connectivity index (χ4v) is 3.50. The zero-order valence-electron chi connectivity index (χ0n) is 8.92. The van der Waals surface area contributed by atoms with Crippen LogP contribution >= 0.6 is 11.6 Å². The zero-order valence-corrected chi connectivity index (χ0v) is 9.68. The van der Waals surface area contributed by atoms with E-state index in [4.69, 9.17) is 11.6 Å². The summed E-state index contributed by atoms with van der Waals surface area (Å²) in [6, 6.07) is 0.458. The Morgan fingerprint density at radius 2 is 2.14 bits per heavy atom. The van der Waals surface area contributed by atoms with E-state index in [1.54, 1.807) is 0 Å². The van der Waals surface area contributed by atoms with Gasteiger partial charge >= 0.3 is 0 Å². The molecule has 3 heteroatoms. The number of carbonyl (C=O) groups excluding carboxylic acids is 1. The number of nitrogens with zero attached hydrogens (tertiary/aromatic N) is 1. The molecule has 0 bridgehead atoms. The summed E-state index contributed by atoms with van der Waals surface area (Å²) in [4.78, 5) is 14.0. The van der Waals surface area contributed by atoms with Gasteiger partial charge in [-0.3, -0.25) is 4.79 Å². The molecule has 0 aromatic rings. The molecule has 3 unspecified atom stereocenters. The Hall–Kier alpha value is -0.240. The molecule has 2 nitrogen and oxygen atoms in total. The first kappa shape index (κ1) is 10.3. The lowest BCUT2D eigenvalue weighted by Crippen LogP contribution is -2.35. The number of likely N-dealkylation sites (tertiary alicyclic amines) is 1. The van der Waals surface area contributed by atoms with Gasteiger partial charge in [-0.2, -0.15) is 0 Å². The summed E-state index contributed by atoms with van der Waals surface area (Å²) in [6.45, 7) is 2.04. The van der Waals surface area contributed by atoms with Crippen LogP contribution in [-0.4, -0.2) is 29.8 Å². The number of carbonyl (C=O) groups is 1. The zero-order chi connectivity index (χ0) is 10.3. The molecular weight excluding hydrogens is 198 g/mol. The first-order valence-corrected chi connectivity index (χ1v) is 5.98. The molecule has 0 aromatic heterocycles. The van der Waals surface area contributed by atoms with Crippen LogP contribution in [0.3, 0.4) is 0 Å². The highest BCUT2D eigenvalue weighted by Gasteiger charge is 2.54. The molecule has 1 aliphatic heterocycles. The number of hydrogen-bond acceptors (Lipinski definition) is 1. The van der Waals surface area contributed by atoms with Crippen LogP contribution in [0.2, 0.25) is 0 Å². The van der Waals surface area contributed by atoms with Gasteiger partial charge in [-0.1, -0.05) is 12.8 Å². The van der Waals surface area contributed by atoms with Crippen LogP contribution < -0.4 is 0 Å². The number of halogens is 1. The first-order valence-electron chi connectivity index (χ1n) is 5.44. The predicted octanol–water partition coefficient (Wildman–Crippen LogP) is 2.26. The number of amides is 1. The second-order valence-corrected chi connectivity index (χ2v) is 5.19. The third-order valence-electron chi connectivity index (χ3n) is 4.13. The Bertz CT molecular complexity index is 256. The summed E-state index contributed by atoms with van der Waals surface area (Å²) in [7, 11) is 1.93. The van der Waals surface area contributed by atoms with E-state index in [9.17, 15) is 4.79 Å². The van der Waals surface area contributed by atoms with E-state index in [0.29, 0.717) is 17.8 Å². The number of fused-ring (bicyclic) bond motifs is 1. The lowest BCUT2D eigenvalue weighted by Gasteiger charge is -2.33. The van der Waals surface area contributed by atoms with E-state index >= 15 is 0 Å². The van der Waals surface area contributed by atoms with Gasteiger partial charge in [-0.25, -0.2) is 0 Å². The van der Waals surface area contributed by atoms with Crippen molar-refractivity contribution in [1.82, 2.24) is 4.90 Å². The Morgan fingerprint density at radius 1 is 1.50 bits per heavy atom. The number of hydrogen-bond donors (Lipinski definition) is 0. The molecule has 1 saturated heterocycles. The highest BCUT2D eigenvalue weighted by molar-refractivity contribution is 6.20. The lowest BCUT2D eigenvalue weighted by molar-refractivity contribution is -0.134. The molecule has 0 radical (unpaired) electrons. The van der Waals surface area contributed by atoms with Crippen LogP contribution in [-0.2, 0) is 4.79 Å². The molecule has 2 fully saturated rings. The molecule has 3 atom stereocenters. The van der Waals surface area contributed by atoms with Crippen molar-refractivity contribution < 1.29 is 4.79 Å². The first-order chi connectivity index (χ1) is 6.61. The minimum absolute atomic E-state index is 0.254. The molecule has 0 spiro atoms. The van der Waals surface area contributed by atoms with E-state index in [2.05, 4.69) is 0 Å². The van der Waals surface area contributed by atoms with Crippen LogP contribution in [0.4, 0.5) is 0 Å². The molecule has 0 aromatic carbocycles. The maximum atomic E-state index is 12.1. The minimum atomic E-state index is -0.290. The summed E-state index contributed by atoms with van der Waals surface area (Å²) in [5.74, 6) is 1.22. The Kier molecular flexibility index (Phi) is 2.50. The van der Waals surface area contributed by atoms with Crippen LogP contribution in [0.1, 0.15) is 32.6 Å². The molecule has 1 heterocycles. The van der Waals surface area contributed by atoms with E-state index in [1.165, 1.54) is 25.7 Å². The van der Waals surface area contributed by atoms with Crippen molar-refractivity contribution in [1.29, 1.82) is 0 Å². The Morgan fingerprint density at radius 3 is 2.79 bits per heavy atom. The van der Waals surface area contributed by atoms with Crippen molar-refractivity contribution in [2.45, 2.75) is 38.6 Å². The molecule has 0 N–H and O–H groups in total. The van der Waals surface area contributed by atoms with Gasteiger partial charge < -0.3 is 4.90 Å². The molecule has 1 saturated carbocycles. The van der Waals surface area contributed by atoms with Crippen molar-refractivity contribution in [2.75, 3.05) is 12.9 Å².